The van der Waals surface area contributed by atoms with Gasteiger partial charge < -0.3 is 4.74 Å². The third-order valence-electron chi connectivity index (χ3n) is 3.33. The van der Waals surface area contributed by atoms with Crippen molar-refractivity contribution >= 4 is 38.4 Å². The molecule has 0 fully saturated rings. The van der Waals surface area contributed by atoms with Crippen LogP contribution in [0.4, 0.5) is 0 Å². The second-order valence-corrected chi connectivity index (χ2v) is 5.59. The van der Waals surface area contributed by atoms with Crippen LogP contribution in [0.1, 0.15) is 11.1 Å². The maximum Gasteiger partial charge on any atom is 0.125 e. The Morgan fingerprint density at radius 2 is 1.90 bits per heavy atom. The summed E-state index contributed by atoms with van der Waals surface area (Å²) < 4.78 is 5.96. The minimum absolute atomic E-state index is 0.489. The predicted molar refractivity (Wildman–Crippen MR) is 90.2 cm³/mol. The molecule has 1 aromatic heterocycles. The Hall–Kier alpha value is -1.58. The SMILES string of the molecule is Clc1cccc(OCc2ccnc3ccccc23)c1CBr. The zero-order chi connectivity index (χ0) is 14.7. The van der Waals surface area contributed by atoms with Crippen molar-refractivity contribution in [3.8, 4) is 5.75 Å². The first-order chi connectivity index (χ1) is 10.3. The van der Waals surface area contributed by atoms with Crippen molar-refractivity contribution in [1.29, 1.82) is 0 Å². The molecular formula is C17H13BrClNO. The first-order valence-electron chi connectivity index (χ1n) is 6.58. The van der Waals surface area contributed by atoms with E-state index in [1.807, 2.05) is 48.7 Å². The van der Waals surface area contributed by atoms with E-state index in [-0.39, 0.29) is 0 Å². The lowest BCUT2D eigenvalue weighted by Crippen LogP contribution is -1.99. The third-order valence-corrected chi connectivity index (χ3v) is 4.25. The number of rotatable bonds is 4. The number of nitrogens with zero attached hydrogens (tertiary/aromatic N) is 1. The number of hydrogen-bond donors (Lipinski definition) is 0. The maximum atomic E-state index is 6.19. The highest BCUT2D eigenvalue weighted by Crippen LogP contribution is 2.29. The molecule has 0 spiro atoms. The van der Waals surface area contributed by atoms with Crippen molar-refractivity contribution in [1.82, 2.24) is 4.98 Å². The lowest BCUT2D eigenvalue weighted by Gasteiger charge is -2.12. The third kappa shape index (κ3) is 3.04. The van der Waals surface area contributed by atoms with Gasteiger partial charge in [0.2, 0.25) is 0 Å². The van der Waals surface area contributed by atoms with E-state index in [1.165, 1.54) is 0 Å². The fraction of sp³-hybridized carbons (Fsp3) is 0.118. The fourth-order valence-electron chi connectivity index (χ4n) is 2.24. The Labute approximate surface area is 136 Å². The molecule has 21 heavy (non-hydrogen) atoms. The molecular weight excluding hydrogens is 350 g/mol. The van der Waals surface area contributed by atoms with Crippen molar-refractivity contribution in [3.63, 3.8) is 0 Å². The molecule has 4 heteroatoms. The van der Waals surface area contributed by atoms with E-state index in [9.17, 15) is 0 Å². The first-order valence-corrected chi connectivity index (χ1v) is 8.08. The highest BCUT2D eigenvalue weighted by molar-refractivity contribution is 9.08. The number of pyridine rings is 1. The zero-order valence-electron chi connectivity index (χ0n) is 11.2. The number of fused-ring (bicyclic) bond motifs is 1. The molecule has 0 aliphatic rings. The van der Waals surface area contributed by atoms with Crippen LogP contribution in [-0.2, 0) is 11.9 Å². The van der Waals surface area contributed by atoms with Gasteiger partial charge in [0, 0.05) is 33.1 Å². The molecule has 0 amide bonds. The molecule has 3 rings (SSSR count). The highest BCUT2D eigenvalue weighted by atomic mass is 79.9. The van der Waals surface area contributed by atoms with Crippen LogP contribution in [0.5, 0.6) is 5.75 Å². The van der Waals surface area contributed by atoms with Crippen molar-refractivity contribution in [2.75, 3.05) is 0 Å². The number of benzene rings is 2. The van der Waals surface area contributed by atoms with E-state index in [0.29, 0.717) is 17.0 Å². The smallest absolute Gasteiger partial charge is 0.125 e. The Morgan fingerprint density at radius 1 is 1.05 bits per heavy atom. The summed E-state index contributed by atoms with van der Waals surface area (Å²) in [5, 5.41) is 2.49. The van der Waals surface area contributed by atoms with Crippen molar-refractivity contribution in [2.24, 2.45) is 0 Å². The van der Waals surface area contributed by atoms with Crippen LogP contribution in [0.2, 0.25) is 5.02 Å². The molecule has 3 aromatic rings. The summed E-state index contributed by atoms with van der Waals surface area (Å²) in [5.74, 6) is 0.806. The van der Waals surface area contributed by atoms with Gasteiger partial charge in [-0.15, -0.1) is 0 Å². The largest absolute Gasteiger partial charge is 0.489 e. The van der Waals surface area contributed by atoms with Gasteiger partial charge in [-0.3, -0.25) is 4.98 Å². The Balaban J connectivity index is 1.89. The molecule has 1 heterocycles. The number of aromatic nitrogens is 1. The van der Waals surface area contributed by atoms with Crippen LogP contribution in [0, 0.1) is 0 Å². The average molecular weight is 363 g/mol. The molecule has 0 aliphatic heterocycles. The summed E-state index contributed by atoms with van der Waals surface area (Å²) >= 11 is 9.64. The topological polar surface area (TPSA) is 22.1 Å². The van der Waals surface area contributed by atoms with Gasteiger partial charge in [-0.1, -0.05) is 51.8 Å². The van der Waals surface area contributed by atoms with Crippen molar-refractivity contribution < 1.29 is 4.74 Å². The van der Waals surface area contributed by atoms with Crippen molar-refractivity contribution in [3.05, 3.63) is 70.9 Å². The van der Waals surface area contributed by atoms with Gasteiger partial charge in [-0.05, 0) is 24.3 Å². The lowest BCUT2D eigenvalue weighted by atomic mass is 10.1. The Bertz CT molecular complexity index is 770. The van der Waals surface area contributed by atoms with Gasteiger partial charge in [0.1, 0.15) is 12.4 Å². The summed E-state index contributed by atoms with van der Waals surface area (Å²) in [4.78, 5) is 4.36. The second-order valence-electron chi connectivity index (χ2n) is 4.63. The molecule has 2 aromatic carbocycles. The zero-order valence-corrected chi connectivity index (χ0v) is 13.6. The minimum atomic E-state index is 0.489. The minimum Gasteiger partial charge on any atom is -0.489 e. The number of alkyl halides is 1. The number of para-hydroxylation sites is 1. The van der Waals surface area contributed by atoms with Gasteiger partial charge >= 0.3 is 0 Å². The Morgan fingerprint density at radius 3 is 2.76 bits per heavy atom. The van der Waals surface area contributed by atoms with E-state index in [0.717, 1.165) is 27.8 Å². The average Bonchev–Trinajstić information content (AvgIpc) is 2.53. The van der Waals surface area contributed by atoms with Gasteiger partial charge in [0.05, 0.1) is 5.52 Å². The Kier molecular flexibility index (Phi) is 4.42. The van der Waals surface area contributed by atoms with E-state index in [4.69, 9.17) is 16.3 Å². The molecule has 0 radical (unpaired) electrons. The van der Waals surface area contributed by atoms with Gasteiger partial charge in [-0.2, -0.15) is 0 Å². The van der Waals surface area contributed by atoms with E-state index in [2.05, 4.69) is 27.0 Å². The van der Waals surface area contributed by atoms with E-state index in [1.54, 1.807) is 0 Å². The van der Waals surface area contributed by atoms with Crippen LogP contribution >= 0.6 is 27.5 Å². The summed E-state index contributed by atoms with van der Waals surface area (Å²) in [5.41, 5.74) is 3.06. The quantitative estimate of drug-likeness (QED) is 0.583. The maximum absolute atomic E-state index is 6.19. The van der Waals surface area contributed by atoms with Gasteiger partial charge in [0.25, 0.3) is 0 Å². The van der Waals surface area contributed by atoms with Crippen LogP contribution < -0.4 is 4.74 Å². The molecule has 0 unspecified atom stereocenters. The van der Waals surface area contributed by atoms with E-state index < -0.39 is 0 Å². The number of ether oxygens (including phenoxy) is 1. The molecule has 106 valence electrons. The molecule has 0 atom stereocenters. The summed E-state index contributed by atoms with van der Waals surface area (Å²) in [6.07, 6.45) is 1.81. The monoisotopic (exact) mass is 361 g/mol. The molecule has 2 nitrogen and oxygen atoms in total. The summed E-state index contributed by atoms with van der Waals surface area (Å²) in [6, 6.07) is 15.7. The molecule has 0 saturated heterocycles. The molecule has 0 N–H and O–H groups in total. The van der Waals surface area contributed by atoms with E-state index >= 15 is 0 Å². The highest BCUT2D eigenvalue weighted by Gasteiger charge is 2.08. The molecule has 0 bridgehead atoms. The van der Waals surface area contributed by atoms with Crippen LogP contribution in [0.25, 0.3) is 10.9 Å². The fourth-order valence-corrected chi connectivity index (χ4v) is 3.21. The number of hydrogen-bond acceptors (Lipinski definition) is 2. The first kappa shape index (κ1) is 14.4. The van der Waals surface area contributed by atoms with Crippen LogP contribution in [0.3, 0.4) is 0 Å². The predicted octanol–water partition coefficient (Wildman–Crippen LogP) is 5.36. The van der Waals surface area contributed by atoms with Crippen LogP contribution in [-0.4, -0.2) is 4.98 Å². The second kappa shape index (κ2) is 6.46. The summed E-state index contributed by atoms with van der Waals surface area (Å²) in [7, 11) is 0. The van der Waals surface area contributed by atoms with Crippen molar-refractivity contribution in [2.45, 2.75) is 11.9 Å². The van der Waals surface area contributed by atoms with Gasteiger partial charge in [0.15, 0.2) is 0 Å². The van der Waals surface area contributed by atoms with Gasteiger partial charge in [-0.25, -0.2) is 0 Å². The summed E-state index contributed by atoms with van der Waals surface area (Å²) in [6.45, 7) is 0.489. The standard InChI is InChI=1S/C17H13BrClNO/c18-10-14-15(19)5-3-7-17(14)21-11-12-8-9-20-16-6-2-1-4-13(12)16/h1-9H,10-11H2. The molecule has 0 aliphatic carbocycles. The normalized spacial score (nSPS) is 10.8. The number of halogens is 2. The lowest BCUT2D eigenvalue weighted by molar-refractivity contribution is 0.305. The molecule has 0 saturated carbocycles. The van der Waals surface area contributed by atoms with Crippen LogP contribution in [0.15, 0.2) is 54.7 Å².